The van der Waals surface area contributed by atoms with Gasteiger partial charge in [0.25, 0.3) is 0 Å². The third-order valence-corrected chi connectivity index (χ3v) is 5.10. The van der Waals surface area contributed by atoms with Gasteiger partial charge >= 0.3 is 0 Å². The van der Waals surface area contributed by atoms with Crippen LogP contribution in [0.4, 0.5) is 0 Å². The van der Waals surface area contributed by atoms with Crippen LogP contribution in [0.3, 0.4) is 0 Å². The molecule has 2 fully saturated rings. The maximum atomic E-state index is 6.12. The highest BCUT2D eigenvalue weighted by Gasteiger charge is 2.52. The largest absolute Gasteiger partial charge is 0.373 e. The van der Waals surface area contributed by atoms with Crippen molar-refractivity contribution in [3.8, 4) is 0 Å². The second kappa shape index (κ2) is 5.04. The lowest BCUT2D eigenvalue weighted by Crippen LogP contribution is -2.58. The first-order chi connectivity index (χ1) is 9.16. The van der Waals surface area contributed by atoms with Crippen LogP contribution in [0.25, 0.3) is 0 Å². The molecule has 3 rings (SSSR count). The molecule has 1 saturated heterocycles. The smallest absolute Gasteiger partial charge is 0.129 e. The Kier molecular flexibility index (Phi) is 3.54. The molecule has 19 heavy (non-hydrogen) atoms. The van der Waals surface area contributed by atoms with Crippen molar-refractivity contribution in [1.29, 1.82) is 0 Å². The third-order valence-electron chi connectivity index (χ3n) is 4.90. The monoisotopic (exact) mass is 280 g/mol. The fraction of sp³-hybridized carbons (Fsp3) is 0.667. The maximum Gasteiger partial charge on any atom is 0.129 e. The molecular weight excluding hydrogens is 260 g/mol. The average Bonchev–Trinajstić information content (AvgIpc) is 2.38. The molecule has 2 bridgehead atoms. The van der Waals surface area contributed by atoms with E-state index in [0.717, 1.165) is 13.1 Å². The van der Waals surface area contributed by atoms with Crippen molar-refractivity contribution in [2.24, 2.45) is 11.8 Å². The SMILES string of the molecule is CO[C@@]1(c2ccnc(Cl)c2)[C@@H]2CCC[C@H]1CN(C)C2. The quantitative estimate of drug-likeness (QED) is 0.779. The molecule has 4 heteroatoms. The summed E-state index contributed by atoms with van der Waals surface area (Å²) in [7, 11) is 4.06. The third kappa shape index (κ3) is 2.08. The highest BCUT2D eigenvalue weighted by atomic mass is 35.5. The number of ether oxygens (including phenoxy) is 1. The molecule has 0 spiro atoms. The van der Waals surface area contributed by atoms with Crippen molar-refractivity contribution in [3.63, 3.8) is 0 Å². The van der Waals surface area contributed by atoms with Gasteiger partial charge in [-0.2, -0.15) is 0 Å². The Morgan fingerprint density at radius 1 is 1.37 bits per heavy atom. The Hall–Kier alpha value is -0.640. The van der Waals surface area contributed by atoms with E-state index in [4.69, 9.17) is 16.3 Å². The number of piperidine rings is 1. The summed E-state index contributed by atoms with van der Waals surface area (Å²) in [6.45, 7) is 2.20. The van der Waals surface area contributed by atoms with Gasteiger partial charge in [-0.25, -0.2) is 4.98 Å². The number of likely N-dealkylation sites (tertiary alicyclic amines) is 1. The van der Waals surface area contributed by atoms with Gasteiger partial charge < -0.3 is 9.64 Å². The van der Waals surface area contributed by atoms with Crippen molar-refractivity contribution in [3.05, 3.63) is 29.0 Å². The van der Waals surface area contributed by atoms with Crippen LogP contribution in [0.15, 0.2) is 18.3 Å². The maximum absolute atomic E-state index is 6.12. The summed E-state index contributed by atoms with van der Waals surface area (Å²) in [5.74, 6) is 1.10. The average molecular weight is 281 g/mol. The van der Waals surface area contributed by atoms with Crippen LogP contribution < -0.4 is 0 Å². The van der Waals surface area contributed by atoms with Crippen molar-refractivity contribution in [2.75, 3.05) is 27.2 Å². The molecule has 2 aliphatic rings. The summed E-state index contributed by atoms with van der Waals surface area (Å²) in [6.07, 6.45) is 5.57. The first-order valence-corrected chi connectivity index (χ1v) is 7.40. The number of halogens is 1. The second-order valence-corrected chi connectivity index (χ2v) is 6.30. The first kappa shape index (κ1) is 13.3. The van der Waals surface area contributed by atoms with Crippen molar-refractivity contribution in [2.45, 2.75) is 24.9 Å². The van der Waals surface area contributed by atoms with Crippen LogP contribution in [0.2, 0.25) is 5.15 Å². The summed E-state index contributed by atoms with van der Waals surface area (Å²) in [6, 6.07) is 4.06. The van der Waals surface area contributed by atoms with E-state index in [9.17, 15) is 0 Å². The predicted molar refractivity (Wildman–Crippen MR) is 76.3 cm³/mol. The van der Waals surface area contributed by atoms with E-state index in [2.05, 4.69) is 23.0 Å². The lowest BCUT2D eigenvalue weighted by Gasteiger charge is -2.54. The molecule has 3 nitrogen and oxygen atoms in total. The van der Waals surface area contributed by atoms with Gasteiger partial charge in [0.2, 0.25) is 0 Å². The number of aromatic nitrogens is 1. The Morgan fingerprint density at radius 2 is 2.05 bits per heavy atom. The van der Waals surface area contributed by atoms with Crippen LogP contribution in [-0.2, 0) is 10.3 Å². The van der Waals surface area contributed by atoms with E-state index < -0.39 is 0 Å². The molecule has 1 saturated carbocycles. The minimum Gasteiger partial charge on any atom is -0.373 e. The lowest BCUT2D eigenvalue weighted by atomic mass is 9.62. The van der Waals surface area contributed by atoms with Crippen molar-refractivity contribution >= 4 is 11.6 Å². The lowest BCUT2D eigenvalue weighted by molar-refractivity contribution is -0.165. The van der Waals surface area contributed by atoms with Crippen molar-refractivity contribution in [1.82, 2.24) is 9.88 Å². The Bertz CT molecular complexity index is 451. The fourth-order valence-electron chi connectivity index (χ4n) is 4.22. The predicted octanol–water partition coefficient (Wildman–Crippen LogP) is 2.94. The van der Waals surface area contributed by atoms with E-state index in [0.29, 0.717) is 17.0 Å². The van der Waals surface area contributed by atoms with Gasteiger partial charge in [-0.05, 0) is 37.6 Å². The van der Waals surface area contributed by atoms with E-state index in [1.807, 2.05) is 13.2 Å². The zero-order valence-corrected chi connectivity index (χ0v) is 12.4. The van der Waals surface area contributed by atoms with Gasteiger partial charge in [0.15, 0.2) is 0 Å². The number of rotatable bonds is 2. The fourth-order valence-corrected chi connectivity index (χ4v) is 4.40. The number of hydrogen-bond donors (Lipinski definition) is 0. The van der Waals surface area contributed by atoms with E-state index in [1.165, 1.54) is 24.8 Å². The number of hydrogen-bond acceptors (Lipinski definition) is 3. The van der Waals surface area contributed by atoms with Gasteiger partial charge in [0, 0.05) is 38.2 Å². The van der Waals surface area contributed by atoms with Crippen LogP contribution in [0.5, 0.6) is 0 Å². The number of methoxy groups -OCH3 is 1. The van der Waals surface area contributed by atoms with Gasteiger partial charge in [-0.3, -0.25) is 0 Å². The normalized spacial score (nSPS) is 35.3. The molecule has 1 aliphatic carbocycles. The number of fused-ring (bicyclic) bond motifs is 2. The minimum absolute atomic E-state index is 0.169. The van der Waals surface area contributed by atoms with Crippen molar-refractivity contribution < 1.29 is 4.74 Å². The van der Waals surface area contributed by atoms with E-state index in [1.54, 1.807) is 6.20 Å². The molecule has 2 heterocycles. The van der Waals surface area contributed by atoms with E-state index in [-0.39, 0.29) is 5.60 Å². The standard InChI is InChI=1S/C15H21ClN2O/c1-18-9-12-4-3-5-13(10-18)15(12,19-2)11-6-7-17-14(16)8-11/h6-8,12-13H,3-5,9-10H2,1-2H3/t12-,13+,15+. The zero-order chi connectivity index (χ0) is 13.5. The summed E-state index contributed by atoms with van der Waals surface area (Å²) >= 11 is 6.09. The van der Waals surface area contributed by atoms with Crippen LogP contribution in [0.1, 0.15) is 24.8 Å². The van der Waals surface area contributed by atoms with Gasteiger partial charge in [0.05, 0.1) is 0 Å². The van der Waals surface area contributed by atoms with Gasteiger partial charge in [0.1, 0.15) is 10.8 Å². The molecule has 0 N–H and O–H groups in total. The number of nitrogens with zero attached hydrogens (tertiary/aromatic N) is 2. The van der Waals surface area contributed by atoms with Gasteiger partial charge in [-0.15, -0.1) is 0 Å². The molecule has 3 atom stereocenters. The van der Waals surface area contributed by atoms with Crippen LogP contribution in [0, 0.1) is 11.8 Å². The topological polar surface area (TPSA) is 25.4 Å². The molecule has 0 unspecified atom stereocenters. The molecule has 0 amide bonds. The summed E-state index contributed by atoms with van der Waals surface area (Å²) in [5, 5.41) is 0.561. The number of pyridine rings is 1. The molecule has 0 radical (unpaired) electrons. The van der Waals surface area contributed by atoms with E-state index >= 15 is 0 Å². The Balaban J connectivity index is 2.07. The van der Waals surface area contributed by atoms with Crippen LogP contribution in [-0.4, -0.2) is 37.1 Å². The zero-order valence-electron chi connectivity index (χ0n) is 11.6. The molecule has 1 aromatic heterocycles. The summed E-state index contributed by atoms with van der Waals surface area (Å²) < 4.78 is 6.12. The summed E-state index contributed by atoms with van der Waals surface area (Å²) in [4.78, 5) is 6.55. The first-order valence-electron chi connectivity index (χ1n) is 7.02. The summed E-state index contributed by atoms with van der Waals surface area (Å²) in [5.41, 5.74) is 1.04. The van der Waals surface area contributed by atoms with Gasteiger partial charge in [-0.1, -0.05) is 18.0 Å². The molecular formula is C15H21ClN2O. The van der Waals surface area contributed by atoms with Crippen LogP contribution >= 0.6 is 11.6 Å². The Morgan fingerprint density at radius 3 is 2.63 bits per heavy atom. The molecule has 1 aliphatic heterocycles. The second-order valence-electron chi connectivity index (χ2n) is 5.91. The molecule has 0 aromatic carbocycles. The highest BCUT2D eigenvalue weighted by molar-refractivity contribution is 6.29. The molecule has 104 valence electrons. The minimum atomic E-state index is -0.169. The highest BCUT2D eigenvalue weighted by Crippen LogP contribution is 2.51. The Labute approximate surface area is 119 Å². The molecule has 1 aromatic rings.